The number of aliphatic hydroxyl groups is 1. The summed E-state index contributed by atoms with van der Waals surface area (Å²) in [6, 6.07) is 14.0. The molecule has 0 spiro atoms. The molecular formula is C27H33NO5. The van der Waals surface area contributed by atoms with Crippen molar-refractivity contribution in [2.24, 2.45) is 0 Å². The minimum atomic E-state index is -0.668. The van der Waals surface area contributed by atoms with E-state index in [9.17, 15) is 14.7 Å². The third-order valence-electron chi connectivity index (χ3n) is 5.91. The molecule has 0 aliphatic carbocycles. The van der Waals surface area contributed by atoms with Gasteiger partial charge in [0.2, 0.25) is 0 Å². The van der Waals surface area contributed by atoms with Gasteiger partial charge >= 0.3 is 0 Å². The molecule has 33 heavy (non-hydrogen) atoms. The monoisotopic (exact) mass is 451 g/mol. The second-order valence-corrected chi connectivity index (χ2v) is 8.28. The minimum absolute atomic E-state index is 0.114. The third kappa shape index (κ3) is 5.63. The zero-order valence-electron chi connectivity index (χ0n) is 19.7. The first-order chi connectivity index (χ1) is 16.0. The molecule has 6 nitrogen and oxygen atoms in total. The molecule has 1 fully saturated rings. The number of amides is 1. The Morgan fingerprint density at radius 3 is 2.39 bits per heavy atom. The van der Waals surface area contributed by atoms with Gasteiger partial charge in [-0.25, -0.2) is 0 Å². The first-order valence-electron chi connectivity index (χ1n) is 11.6. The minimum Gasteiger partial charge on any atom is -0.507 e. The van der Waals surface area contributed by atoms with E-state index in [0.717, 1.165) is 30.4 Å². The summed E-state index contributed by atoms with van der Waals surface area (Å²) in [7, 11) is 1.60. The molecule has 1 saturated heterocycles. The number of aliphatic hydroxyl groups excluding tert-OH is 1. The van der Waals surface area contributed by atoms with Crippen LogP contribution in [0.15, 0.2) is 54.1 Å². The van der Waals surface area contributed by atoms with Crippen LogP contribution in [0, 0.1) is 6.92 Å². The maximum atomic E-state index is 13.1. The molecule has 1 N–H and O–H groups in total. The van der Waals surface area contributed by atoms with Gasteiger partial charge in [-0.3, -0.25) is 9.59 Å². The van der Waals surface area contributed by atoms with Gasteiger partial charge in [0.25, 0.3) is 11.7 Å². The van der Waals surface area contributed by atoms with Crippen LogP contribution >= 0.6 is 0 Å². The van der Waals surface area contributed by atoms with Gasteiger partial charge in [0.1, 0.15) is 11.5 Å². The normalized spacial score (nSPS) is 17.5. The molecule has 0 bridgehead atoms. The van der Waals surface area contributed by atoms with Crippen molar-refractivity contribution < 1.29 is 24.2 Å². The van der Waals surface area contributed by atoms with E-state index in [1.54, 1.807) is 36.3 Å². The highest BCUT2D eigenvalue weighted by Crippen LogP contribution is 2.40. The summed E-state index contributed by atoms with van der Waals surface area (Å²) in [6.07, 6.45) is 3.82. The Morgan fingerprint density at radius 1 is 1.00 bits per heavy atom. The third-order valence-corrected chi connectivity index (χ3v) is 5.91. The van der Waals surface area contributed by atoms with Gasteiger partial charge in [-0.15, -0.1) is 0 Å². The van der Waals surface area contributed by atoms with Crippen molar-refractivity contribution >= 4 is 17.4 Å². The summed E-state index contributed by atoms with van der Waals surface area (Å²) in [5.74, 6) is -0.735. The van der Waals surface area contributed by atoms with E-state index >= 15 is 0 Å². The molecule has 176 valence electrons. The van der Waals surface area contributed by atoms with Crippen LogP contribution < -0.4 is 4.74 Å². The average molecular weight is 452 g/mol. The lowest BCUT2D eigenvalue weighted by Gasteiger charge is -2.26. The van der Waals surface area contributed by atoms with Crippen LogP contribution in [0.25, 0.3) is 5.76 Å². The number of nitrogens with zero attached hydrogens (tertiary/aromatic N) is 1. The second-order valence-electron chi connectivity index (χ2n) is 8.28. The molecule has 1 heterocycles. The van der Waals surface area contributed by atoms with Crippen LogP contribution in [-0.2, 0) is 14.3 Å². The van der Waals surface area contributed by atoms with E-state index < -0.39 is 17.7 Å². The predicted molar refractivity (Wildman–Crippen MR) is 128 cm³/mol. The largest absolute Gasteiger partial charge is 0.507 e. The van der Waals surface area contributed by atoms with E-state index in [-0.39, 0.29) is 11.3 Å². The molecule has 0 aromatic heterocycles. The standard InChI is InChI=1S/C27H33NO5/c1-4-5-8-18-33-21-14-12-20(13-15-21)25(29)23-24(22-11-7-6-10-19(22)2)28(16-9-17-32-3)27(31)26(23)30/h6-7,10-15,24,29H,4-5,8-9,16-18H2,1-3H3/b25-23-. The number of ketones is 1. The Morgan fingerprint density at radius 2 is 1.73 bits per heavy atom. The Kier molecular flexibility index (Phi) is 8.66. The number of hydrogen-bond acceptors (Lipinski definition) is 5. The molecule has 3 rings (SSSR count). The lowest BCUT2D eigenvalue weighted by molar-refractivity contribution is -0.140. The Hall–Kier alpha value is -3.12. The predicted octanol–water partition coefficient (Wildman–Crippen LogP) is 5.02. The highest BCUT2D eigenvalue weighted by atomic mass is 16.5. The SMILES string of the molecule is CCCCCOc1ccc(/C(O)=C2/C(=O)C(=O)N(CCCOC)C2c2ccccc2C)cc1. The highest BCUT2D eigenvalue weighted by Gasteiger charge is 2.46. The summed E-state index contributed by atoms with van der Waals surface area (Å²) in [5, 5.41) is 11.2. The zero-order chi connectivity index (χ0) is 23.8. The summed E-state index contributed by atoms with van der Waals surface area (Å²) >= 11 is 0. The number of Topliss-reactive ketones (excluding diaryl/α,β-unsaturated/α-hetero) is 1. The van der Waals surface area contributed by atoms with Gasteiger partial charge in [-0.05, 0) is 55.2 Å². The van der Waals surface area contributed by atoms with Crippen molar-refractivity contribution in [2.45, 2.75) is 45.6 Å². The van der Waals surface area contributed by atoms with Crippen LogP contribution in [0.1, 0.15) is 55.3 Å². The lowest BCUT2D eigenvalue weighted by atomic mass is 9.92. The number of likely N-dealkylation sites (tertiary alicyclic amines) is 1. The van der Waals surface area contributed by atoms with Crippen LogP contribution in [0.3, 0.4) is 0 Å². The molecule has 1 aliphatic rings. The fourth-order valence-corrected chi connectivity index (χ4v) is 4.11. The van der Waals surface area contributed by atoms with Crippen LogP contribution in [0.2, 0.25) is 0 Å². The fourth-order valence-electron chi connectivity index (χ4n) is 4.11. The van der Waals surface area contributed by atoms with Crippen molar-refractivity contribution in [3.05, 3.63) is 70.8 Å². The van der Waals surface area contributed by atoms with E-state index in [4.69, 9.17) is 9.47 Å². The van der Waals surface area contributed by atoms with Crippen molar-refractivity contribution in [1.82, 2.24) is 4.90 Å². The first-order valence-corrected chi connectivity index (χ1v) is 11.6. The fraction of sp³-hybridized carbons (Fsp3) is 0.407. The smallest absolute Gasteiger partial charge is 0.295 e. The van der Waals surface area contributed by atoms with Gasteiger partial charge in [-0.1, -0.05) is 44.0 Å². The van der Waals surface area contributed by atoms with Crippen LogP contribution in [0.5, 0.6) is 5.75 Å². The lowest BCUT2D eigenvalue weighted by Crippen LogP contribution is -2.31. The summed E-state index contributed by atoms with van der Waals surface area (Å²) in [6.45, 7) is 5.55. The quantitative estimate of drug-likeness (QED) is 0.225. The molecule has 1 unspecified atom stereocenters. The van der Waals surface area contributed by atoms with Gasteiger partial charge in [-0.2, -0.15) is 0 Å². The number of hydrogen-bond donors (Lipinski definition) is 1. The van der Waals surface area contributed by atoms with E-state index in [1.165, 1.54) is 0 Å². The number of carbonyl (C=O) groups excluding carboxylic acids is 2. The number of unbranched alkanes of at least 4 members (excludes halogenated alkanes) is 2. The van der Waals surface area contributed by atoms with E-state index in [1.807, 2.05) is 31.2 Å². The van der Waals surface area contributed by atoms with E-state index in [0.29, 0.717) is 37.5 Å². The molecule has 1 atom stereocenters. The Balaban J connectivity index is 1.96. The summed E-state index contributed by atoms with van der Waals surface area (Å²) in [4.78, 5) is 27.5. The highest BCUT2D eigenvalue weighted by molar-refractivity contribution is 6.46. The average Bonchev–Trinajstić information content (AvgIpc) is 3.07. The van der Waals surface area contributed by atoms with Crippen LogP contribution in [-0.4, -0.2) is 48.6 Å². The van der Waals surface area contributed by atoms with Crippen LogP contribution in [0.4, 0.5) is 0 Å². The molecule has 2 aromatic rings. The summed E-state index contributed by atoms with van der Waals surface area (Å²) in [5.41, 5.74) is 2.36. The Bertz CT molecular complexity index is 996. The van der Waals surface area contributed by atoms with Gasteiger partial charge in [0.15, 0.2) is 0 Å². The molecule has 6 heteroatoms. The van der Waals surface area contributed by atoms with Gasteiger partial charge in [0, 0.05) is 25.8 Å². The molecule has 1 amide bonds. The van der Waals surface area contributed by atoms with Crippen molar-refractivity contribution in [1.29, 1.82) is 0 Å². The number of methoxy groups -OCH3 is 1. The molecule has 0 saturated carbocycles. The number of rotatable bonds is 11. The zero-order valence-corrected chi connectivity index (χ0v) is 19.7. The second kappa shape index (κ2) is 11.7. The topological polar surface area (TPSA) is 76.1 Å². The number of carbonyl (C=O) groups is 2. The molecule has 1 aliphatic heterocycles. The van der Waals surface area contributed by atoms with E-state index in [2.05, 4.69) is 6.92 Å². The number of aryl methyl sites for hydroxylation is 1. The maximum absolute atomic E-state index is 13.1. The van der Waals surface area contributed by atoms with Crippen molar-refractivity contribution in [3.63, 3.8) is 0 Å². The molecule has 0 radical (unpaired) electrons. The molecule has 2 aromatic carbocycles. The number of benzene rings is 2. The number of ether oxygens (including phenoxy) is 2. The van der Waals surface area contributed by atoms with Gasteiger partial charge in [0.05, 0.1) is 18.2 Å². The first kappa shape index (κ1) is 24.5. The summed E-state index contributed by atoms with van der Waals surface area (Å²) < 4.78 is 10.9. The van der Waals surface area contributed by atoms with Crippen molar-refractivity contribution in [2.75, 3.05) is 26.9 Å². The van der Waals surface area contributed by atoms with Gasteiger partial charge < -0.3 is 19.5 Å². The maximum Gasteiger partial charge on any atom is 0.295 e. The Labute approximate surface area is 195 Å². The van der Waals surface area contributed by atoms with Crippen molar-refractivity contribution in [3.8, 4) is 5.75 Å². The molecular weight excluding hydrogens is 418 g/mol.